The number of carbonyl (C=O) groups is 1. The second-order valence-corrected chi connectivity index (χ2v) is 4.89. The van der Waals surface area contributed by atoms with Gasteiger partial charge in [-0.1, -0.05) is 0 Å². The summed E-state index contributed by atoms with van der Waals surface area (Å²) in [6.45, 7) is 0. The van der Waals surface area contributed by atoms with Crippen molar-refractivity contribution in [2.75, 3.05) is 0 Å². The van der Waals surface area contributed by atoms with Gasteiger partial charge in [-0.3, -0.25) is 9.59 Å². The summed E-state index contributed by atoms with van der Waals surface area (Å²) in [6, 6.07) is 2.82. The van der Waals surface area contributed by atoms with Gasteiger partial charge in [-0.25, -0.2) is 4.68 Å². The predicted octanol–water partition coefficient (Wildman–Crippen LogP) is 0.454. The number of pyridine rings is 1. The van der Waals surface area contributed by atoms with Crippen molar-refractivity contribution < 1.29 is 9.90 Å². The molecular formula is C12H13N5O3. The van der Waals surface area contributed by atoms with Gasteiger partial charge in [-0.15, -0.1) is 5.10 Å². The van der Waals surface area contributed by atoms with Crippen LogP contribution in [-0.4, -0.2) is 36.3 Å². The van der Waals surface area contributed by atoms with E-state index in [4.69, 9.17) is 5.11 Å². The van der Waals surface area contributed by atoms with Crippen LogP contribution in [0.1, 0.15) is 25.3 Å². The van der Waals surface area contributed by atoms with E-state index in [9.17, 15) is 9.59 Å². The first kappa shape index (κ1) is 12.5. The highest BCUT2D eigenvalue weighted by Crippen LogP contribution is 2.42. The number of aromatic amines is 1. The molecule has 8 heteroatoms. The smallest absolute Gasteiger partial charge is 0.305 e. The van der Waals surface area contributed by atoms with Gasteiger partial charge in [0.15, 0.2) is 5.82 Å². The quantitative estimate of drug-likeness (QED) is 0.819. The molecular weight excluding hydrogens is 262 g/mol. The molecule has 0 radical (unpaired) electrons. The van der Waals surface area contributed by atoms with Gasteiger partial charge in [0, 0.05) is 17.8 Å². The molecule has 1 atom stereocenters. The number of tetrazole rings is 1. The minimum atomic E-state index is -0.880. The molecule has 0 aromatic carbocycles. The third-order valence-electron chi connectivity index (χ3n) is 3.39. The lowest BCUT2D eigenvalue weighted by Gasteiger charge is -2.15. The predicted molar refractivity (Wildman–Crippen MR) is 67.9 cm³/mol. The summed E-state index contributed by atoms with van der Waals surface area (Å²) in [7, 11) is 0. The molecule has 1 aliphatic carbocycles. The van der Waals surface area contributed by atoms with Crippen molar-refractivity contribution in [3.8, 4) is 11.4 Å². The topological polar surface area (TPSA) is 114 Å². The van der Waals surface area contributed by atoms with E-state index in [0.29, 0.717) is 11.4 Å². The molecule has 0 aliphatic heterocycles. The number of nitrogens with one attached hydrogen (secondary N) is 1. The SMILES string of the molecule is O=C(O)CC(C1CC1)n1nnnc1-c1cc[nH]c(=O)c1. The number of H-pyrrole nitrogens is 1. The molecule has 0 amide bonds. The van der Waals surface area contributed by atoms with E-state index < -0.39 is 5.97 Å². The van der Waals surface area contributed by atoms with E-state index in [1.807, 2.05) is 0 Å². The van der Waals surface area contributed by atoms with E-state index in [2.05, 4.69) is 20.5 Å². The molecule has 2 aromatic rings. The minimum Gasteiger partial charge on any atom is -0.481 e. The fourth-order valence-electron chi connectivity index (χ4n) is 2.30. The van der Waals surface area contributed by atoms with Gasteiger partial charge < -0.3 is 10.1 Å². The lowest BCUT2D eigenvalue weighted by molar-refractivity contribution is -0.138. The van der Waals surface area contributed by atoms with E-state index in [-0.39, 0.29) is 23.9 Å². The number of rotatable bonds is 5. The molecule has 104 valence electrons. The van der Waals surface area contributed by atoms with E-state index in [1.165, 1.54) is 16.9 Å². The van der Waals surface area contributed by atoms with Crippen LogP contribution < -0.4 is 5.56 Å². The van der Waals surface area contributed by atoms with Crippen molar-refractivity contribution in [1.29, 1.82) is 0 Å². The highest BCUT2D eigenvalue weighted by atomic mass is 16.4. The average Bonchev–Trinajstić information content (AvgIpc) is 3.12. The number of aromatic nitrogens is 5. The number of hydrogen-bond acceptors (Lipinski definition) is 5. The lowest BCUT2D eigenvalue weighted by Crippen LogP contribution is -2.18. The van der Waals surface area contributed by atoms with Crippen molar-refractivity contribution >= 4 is 5.97 Å². The van der Waals surface area contributed by atoms with Gasteiger partial charge in [0.1, 0.15) is 0 Å². The van der Waals surface area contributed by atoms with Gasteiger partial charge in [0.25, 0.3) is 0 Å². The summed E-state index contributed by atoms with van der Waals surface area (Å²) in [6.07, 6.45) is 3.45. The van der Waals surface area contributed by atoms with Crippen LogP contribution in [0.15, 0.2) is 23.1 Å². The Hall–Kier alpha value is -2.51. The maximum absolute atomic E-state index is 11.4. The summed E-state index contributed by atoms with van der Waals surface area (Å²) in [5.41, 5.74) is 0.327. The fraction of sp³-hybridized carbons (Fsp3) is 0.417. The van der Waals surface area contributed by atoms with Gasteiger partial charge in [0.2, 0.25) is 5.56 Å². The molecule has 1 fully saturated rings. The van der Waals surface area contributed by atoms with Crippen LogP contribution in [0.3, 0.4) is 0 Å². The zero-order valence-electron chi connectivity index (χ0n) is 10.6. The van der Waals surface area contributed by atoms with Gasteiger partial charge in [0.05, 0.1) is 12.5 Å². The Labute approximate surface area is 113 Å². The normalized spacial score (nSPS) is 16.0. The Morgan fingerprint density at radius 1 is 1.55 bits per heavy atom. The molecule has 0 spiro atoms. The zero-order chi connectivity index (χ0) is 14.1. The Kier molecular flexibility index (Phi) is 3.05. The van der Waals surface area contributed by atoms with Crippen molar-refractivity contribution in [3.63, 3.8) is 0 Å². The summed E-state index contributed by atoms with van der Waals surface area (Å²) in [5, 5.41) is 20.5. The lowest BCUT2D eigenvalue weighted by atomic mass is 10.1. The standard InChI is InChI=1S/C12H13N5O3/c18-10-5-8(3-4-13-10)12-14-15-16-17(12)9(6-11(19)20)7-1-2-7/h3-5,7,9H,1-2,6H2,(H,13,18)(H,19,20). The Bertz CT molecular complexity index is 688. The summed E-state index contributed by atoms with van der Waals surface area (Å²) >= 11 is 0. The highest BCUT2D eigenvalue weighted by molar-refractivity contribution is 5.67. The molecule has 0 saturated heterocycles. The molecule has 8 nitrogen and oxygen atoms in total. The monoisotopic (exact) mass is 275 g/mol. The first-order valence-electron chi connectivity index (χ1n) is 6.34. The van der Waals surface area contributed by atoms with Crippen LogP contribution in [0.2, 0.25) is 0 Å². The molecule has 1 aliphatic rings. The van der Waals surface area contributed by atoms with Crippen molar-refractivity contribution in [2.45, 2.75) is 25.3 Å². The molecule has 20 heavy (non-hydrogen) atoms. The number of carboxylic acid groups (broad SMARTS) is 1. The first-order valence-corrected chi connectivity index (χ1v) is 6.34. The first-order chi connectivity index (χ1) is 9.65. The highest BCUT2D eigenvalue weighted by Gasteiger charge is 2.36. The van der Waals surface area contributed by atoms with Crippen LogP contribution >= 0.6 is 0 Å². The van der Waals surface area contributed by atoms with Crippen molar-refractivity contribution in [2.24, 2.45) is 5.92 Å². The third-order valence-corrected chi connectivity index (χ3v) is 3.39. The number of carboxylic acids is 1. The van der Waals surface area contributed by atoms with E-state index in [1.54, 1.807) is 6.07 Å². The van der Waals surface area contributed by atoms with Crippen LogP contribution in [0.4, 0.5) is 0 Å². The Balaban J connectivity index is 2.00. The summed E-state index contributed by atoms with van der Waals surface area (Å²) in [5.74, 6) is -0.168. The number of aliphatic carboxylic acids is 1. The van der Waals surface area contributed by atoms with Crippen molar-refractivity contribution in [3.05, 3.63) is 28.7 Å². The zero-order valence-corrected chi connectivity index (χ0v) is 10.6. The molecule has 2 heterocycles. The number of nitrogens with zero attached hydrogens (tertiary/aromatic N) is 4. The molecule has 1 unspecified atom stereocenters. The maximum Gasteiger partial charge on any atom is 0.305 e. The van der Waals surface area contributed by atoms with Gasteiger partial charge in [-0.05, 0) is 35.3 Å². The third kappa shape index (κ3) is 2.44. The minimum absolute atomic E-state index is 0.0219. The summed E-state index contributed by atoms with van der Waals surface area (Å²) < 4.78 is 1.53. The fourth-order valence-corrected chi connectivity index (χ4v) is 2.30. The van der Waals surface area contributed by atoms with Crippen LogP contribution in [0.5, 0.6) is 0 Å². The Morgan fingerprint density at radius 3 is 3.00 bits per heavy atom. The van der Waals surface area contributed by atoms with Gasteiger partial charge >= 0.3 is 5.97 Å². The molecule has 1 saturated carbocycles. The number of hydrogen-bond donors (Lipinski definition) is 2. The van der Waals surface area contributed by atoms with Crippen LogP contribution in [-0.2, 0) is 4.79 Å². The molecule has 2 N–H and O–H groups in total. The summed E-state index contributed by atoms with van der Waals surface area (Å²) in [4.78, 5) is 24.9. The molecule has 3 rings (SSSR count). The molecule has 2 aromatic heterocycles. The van der Waals surface area contributed by atoms with Crippen molar-refractivity contribution in [1.82, 2.24) is 25.2 Å². The largest absolute Gasteiger partial charge is 0.481 e. The Morgan fingerprint density at radius 2 is 2.35 bits per heavy atom. The van der Waals surface area contributed by atoms with Gasteiger partial charge in [-0.2, -0.15) is 0 Å². The van der Waals surface area contributed by atoms with E-state index >= 15 is 0 Å². The van der Waals surface area contributed by atoms with E-state index in [0.717, 1.165) is 12.8 Å². The molecule has 0 bridgehead atoms. The second kappa shape index (κ2) is 4.87. The van der Waals surface area contributed by atoms with Crippen LogP contribution in [0, 0.1) is 5.92 Å². The maximum atomic E-state index is 11.4. The van der Waals surface area contributed by atoms with Crippen LogP contribution in [0.25, 0.3) is 11.4 Å². The average molecular weight is 275 g/mol. The second-order valence-electron chi connectivity index (χ2n) is 4.89.